The van der Waals surface area contributed by atoms with Crippen molar-refractivity contribution in [3.63, 3.8) is 0 Å². The number of hydrogen-bond acceptors (Lipinski definition) is 5. The third kappa shape index (κ3) is 3.64. The van der Waals surface area contributed by atoms with Crippen molar-refractivity contribution in [3.8, 4) is 0 Å². The highest BCUT2D eigenvalue weighted by Gasteiger charge is 2.12. The molecule has 1 saturated heterocycles. The molecule has 0 radical (unpaired) electrons. The maximum absolute atomic E-state index is 5.74. The van der Waals surface area contributed by atoms with Gasteiger partial charge in [0.1, 0.15) is 0 Å². The highest BCUT2D eigenvalue weighted by atomic mass is 16.5. The van der Waals surface area contributed by atoms with Crippen LogP contribution in [0.1, 0.15) is 18.9 Å². The van der Waals surface area contributed by atoms with E-state index in [1.54, 1.807) is 0 Å². The molecule has 1 aromatic heterocycles. The van der Waals surface area contributed by atoms with Gasteiger partial charge in [0.05, 0.1) is 6.61 Å². The van der Waals surface area contributed by atoms with Crippen LogP contribution in [0.3, 0.4) is 0 Å². The molecule has 1 unspecified atom stereocenters. The van der Waals surface area contributed by atoms with Gasteiger partial charge in [0.15, 0.2) is 0 Å². The standard InChI is InChI=1S/C12H20N4O/c1-10(13)7-11-8-14-12(15-9-11)16-3-2-5-17-6-4-16/h8-10H,2-7,13H2,1H3. The summed E-state index contributed by atoms with van der Waals surface area (Å²) in [5.41, 5.74) is 6.84. The molecule has 1 aliphatic heterocycles. The van der Waals surface area contributed by atoms with E-state index in [2.05, 4.69) is 14.9 Å². The van der Waals surface area contributed by atoms with Gasteiger partial charge in [-0.3, -0.25) is 0 Å². The minimum atomic E-state index is 0.149. The third-order valence-corrected chi connectivity index (χ3v) is 2.75. The molecular weight excluding hydrogens is 216 g/mol. The third-order valence-electron chi connectivity index (χ3n) is 2.75. The number of ether oxygens (including phenoxy) is 1. The topological polar surface area (TPSA) is 64.3 Å². The molecule has 1 aromatic rings. The minimum absolute atomic E-state index is 0.149. The Hall–Kier alpha value is -1.20. The van der Waals surface area contributed by atoms with E-state index in [-0.39, 0.29) is 6.04 Å². The molecule has 0 aliphatic carbocycles. The highest BCUT2D eigenvalue weighted by molar-refractivity contribution is 5.30. The van der Waals surface area contributed by atoms with E-state index in [1.807, 2.05) is 19.3 Å². The smallest absolute Gasteiger partial charge is 0.225 e. The second kappa shape index (κ2) is 5.93. The van der Waals surface area contributed by atoms with Gasteiger partial charge in [-0.05, 0) is 25.3 Å². The number of anilines is 1. The average molecular weight is 236 g/mol. The molecule has 0 spiro atoms. The Morgan fingerprint density at radius 3 is 2.82 bits per heavy atom. The Labute approximate surface area is 102 Å². The summed E-state index contributed by atoms with van der Waals surface area (Å²) >= 11 is 0. The van der Waals surface area contributed by atoms with Crippen LogP contribution in [0.5, 0.6) is 0 Å². The summed E-state index contributed by atoms with van der Waals surface area (Å²) < 4.78 is 5.41. The normalized spacial score (nSPS) is 18.8. The largest absolute Gasteiger partial charge is 0.380 e. The zero-order valence-corrected chi connectivity index (χ0v) is 10.3. The summed E-state index contributed by atoms with van der Waals surface area (Å²) in [5, 5.41) is 0. The van der Waals surface area contributed by atoms with Gasteiger partial charge in [-0.15, -0.1) is 0 Å². The van der Waals surface area contributed by atoms with Crippen LogP contribution in [0, 0.1) is 0 Å². The van der Waals surface area contributed by atoms with Gasteiger partial charge in [-0.25, -0.2) is 9.97 Å². The van der Waals surface area contributed by atoms with E-state index in [0.29, 0.717) is 0 Å². The Balaban J connectivity index is 2.00. The fourth-order valence-electron chi connectivity index (χ4n) is 1.93. The first-order valence-corrected chi connectivity index (χ1v) is 6.15. The number of nitrogens with two attached hydrogens (primary N) is 1. The summed E-state index contributed by atoms with van der Waals surface area (Å²) in [7, 11) is 0. The predicted octanol–water partition coefficient (Wildman–Crippen LogP) is 0.593. The molecule has 1 fully saturated rings. The Morgan fingerprint density at radius 2 is 2.12 bits per heavy atom. The van der Waals surface area contributed by atoms with Crippen LogP contribution in [0.2, 0.25) is 0 Å². The van der Waals surface area contributed by atoms with Crippen LogP contribution in [-0.2, 0) is 11.2 Å². The summed E-state index contributed by atoms with van der Waals surface area (Å²) in [6, 6.07) is 0.149. The number of aromatic nitrogens is 2. The van der Waals surface area contributed by atoms with Crippen molar-refractivity contribution in [1.29, 1.82) is 0 Å². The average Bonchev–Trinajstić information content (AvgIpc) is 2.58. The zero-order chi connectivity index (χ0) is 12.1. The van der Waals surface area contributed by atoms with E-state index >= 15 is 0 Å². The van der Waals surface area contributed by atoms with Gasteiger partial charge in [-0.2, -0.15) is 0 Å². The van der Waals surface area contributed by atoms with Crippen molar-refractivity contribution in [3.05, 3.63) is 18.0 Å². The second-order valence-electron chi connectivity index (χ2n) is 4.53. The van der Waals surface area contributed by atoms with E-state index < -0.39 is 0 Å². The van der Waals surface area contributed by atoms with Crippen molar-refractivity contribution >= 4 is 5.95 Å². The Morgan fingerprint density at radius 1 is 1.35 bits per heavy atom. The zero-order valence-electron chi connectivity index (χ0n) is 10.3. The van der Waals surface area contributed by atoms with Crippen LogP contribution in [0.15, 0.2) is 12.4 Å². The lowest BCUT2D eigenvalue weighted by Crippen LogP contribution is -2.28. The molecular formula is C12H20N4O. The quantitative estimate of drug-likeness (QED) is 0.832. The Bertz CT molecular complexity index is 331. The molecule has 2 rings (SSSR count). The van der Waals surface area contributed by atoms with Gasteiger partial charge < -0.3 is 15.4 Å². The molecule has 2 N–H and O–H groups in total. The van der Waals surface area contributed by atoms with Crippen LogP contribution >= 0.6 is 0 Å². The van der Waals surface area contributed by atoms with Gasteiger partial charge in [0.2, 0.25) is 5.95 Å². The van der Waals surface area contributed by atoms with Crippen molar-refractivity contribution < 1.29 is 4.74 Å². The first kappa shape index (κ1) is 12.3. The molecule has 0 aromatic carbocycles. The van der Waals surface area contributed by atoms with Crippen molar-refractivity contribution in [2.75, 3.05) is 31.2 Å². The predicted molar refractivity (Wildman–Crippen MR) is 67.0 cm³/mol. The molecule has 5 heteroatoms. The molecule has 1 aliphatic rings. The first-order valence-electron chi connectivity index (χ1n) is 6.15. The SMILES string of the molecule is CC(N)Cc1cnc(N2CCCOCC2)nc1. The number of rotatable bonds is 3. The summed E-state index contributed by atoms with van der Waals surface area (Å²) in [6.07, 6.45) is 5.60. The summed E-state index contributed by atoms with van der Waals surface area (Å²) in [5.74, 6) is 0.795. The van der Waals surface area contributed by atoms with Gasteiger partial charge >= 0.3 is 0 Å². The van der Waals surface area contributed by atoms with Gasteiger partial charge in [-0.1, -0.05) is 0 Å². The lowest BCUT2D eigenvalue weighted by atomic mass is 10.1. The van der Waals surface area contributed by atoms with Crippen LogP contribution < -0.4 is 10.6 Å². The van der Waals surface area contributed by atoms with Crippen molar-refractivity contribution in [2.45, 2.75) is 25.8 Å². The van der Waals surface area contributed by atoms with Crippen LogP contribution in [0.4, 0.5) is 5.95 Å². The number of hydrogen-bond donors (Lipinski definition) is 1. The van der Waals surface area contributed by atoms with E-state index in [1.165, 1.54) is 0 Å². The summed E-state index contributed by atoms with van der Waals surface area (Å²) in [4.78, 5) is 11.0. The molecule has 1 atom stereocenters. The molecule has 17 heavy (non-hydrogen) atoms. The van der Waals surface area contributed by atoms with E-state index in [4.69, 9.17) is 10.5 Å². The fourth-order valence-corrected chi connectivity index (χ4v) is 1.93. The lowest BCUT2D eigenvalue weighted by molar-refractivity contribution is 0.152. The van der Waals surface area contributed by atoms with E-state index in [9.17, 15) is 0 Å². The Kier molecular flexibility index (Phi) is 4.28. The fraction of sp³-hybridized carbons (Fsp3) is 0.667. The lowest BCUT2D eigenvalue weighted by Gasteiger charge is -2.19. The molecule has 2 heterocycles. The van der Waals surface area contributed by atoms with E-state index in [0.717, 1.165) is 50.7 Å². The monoisotopic (exact) mass is 236 g/mol. The molecule has 5 nitrogen and oxygen atoms in total. The van der Waals surface area contributed by atoms with Crippen molar-refractivity contribution in [2.24, 2.45) is 5.73 Å². The van der Waals surface area contributed by atoms with Crippen LogP contribution in [0.25, 0.3) is 0 Å². The van der Waals surface area contributed by atoms with Crippen LogP contribution in [-0.4, -0.2) is 42.3 Å². The molecule has 0 bridgehead atoms. The van der Waals surface area contributed by atoms with Crippen molar-refractivity contribution in [1.82, 2.24) is 9.97 Å². The molecule has 0 saturated carbocycles. The second-order valence-corrected chi connectivity index (χ2v) is 4.53. The van der Waals surface area contributed by atoms with Gasteiger partial charge in [0, 0.05) is 38.1 Å². The summed E-state index contributed by atoms with van der Waals surface area (Å²) in [6.45, 7) is 5.41. The highest BCUT2D eigenvalue weighted by Crippen LogP contribution is 2.10. The first-order chi connectivity index (χ1) is 8.25. The maximum atomic E-state index is 5.74. The van der Waals surface area contributed by atoms with Gasteiger partial charge in [0.25, 0.3) is 0 Å². The number of nitrogens with zero attached hydrogens (tertiary/aromatic N) is 3. The maximum Gasteiger partial charge on any atom is 0.225 e. The molecule has 94 valence electrons. The minimum Gasteiger partial charge on any atom is -0.380 e. The molecule has 0 amide bonds.